The maximum absolute atomic E-state index is 12.9. The Hall–Kier alpha value is -2.28. The highest BCUT2D eigenvalue weighted by Gasteiger charge is 2.44. The van der Waals surface area contributed by atoms with Crippen LogP contribution in [0.1, 0.15) is 38.7 Å². The van der Waals surface area contributed by atoms with Crippen LogP contribution in [0.4, 0.5) is 4.79 Å². The molecule has 1 aliphatic rings. The molecule has 7 nitrogen and oxygen atoms in total. The summed E-state index contributed by atoms with van der Waals surface area (Å²) in [6.07, 6.45) is 1.87. The Bertz CT molecular complexity index is 727. The molecule has 0 aliphatic carbocycles. The van der Waals surface area contributed by atoms with Gasteiger partial charge in [-0.25, -0.2) is 4.79 Å². The average Bonchev–Trinajstić information content (AvgIpc) is 2.68. The number of hydrogen-bond donors (Lipinski definition) is 1. The first kappa shape index (κ1) is 23.0. The number of ether oxygens (including phenoxy) is 2. The van der Waals surface area contributed by atoms with Crippen LogP contribution in [0.2, 0.25) is 5.02 Å². The smallest absolute Gasteiger partial charge is 0.317 e. The molecule has 1 aliphatic heterocycles. The molecule has 0 saturated carbocycles. The van der Waals surface area contributed by atoms with Gasteiger partial charge in [-0.1, -0.05) is 23.7 Å². The molecule has 8 heteroatoms. The first-order chi connectivity index (χ1) is 13.9. The zero-order chi connectivity index (χ0) is 21.3. The number of piperidine rings is 1. The third-order valence-electron chi connectivity index (χ3n) is 4.91. The summed E-state index contributed by atoms with van der Waals surface area (Å²) in [6, 6.07) is 7.09. The van der Waals surface area contributed by atoms with Crippen molar-refractivity contribution in [2.45, 2.75) is 39.5 Å². The fraction of sp³-hybridized carbons (Fsp3) is 0.571. The Morgan fingerprint density at radius 3 is 2.66 bits per heavy atom. The highest BCUT2D eigenvalue weighted by molar-refractivity contribution is 6.30. The number of benzene rings is 1. The number of urea groups is 1. The molecule has 0 unspecified atom stereocenters. The first-order valence-electron chi connectivity index (χ1n) is 10.00. The van der Waals surface area contributed by atoms with E-state index in [0.717, 1.165) is 5.56 Å². The minimum atomic E-state index is -0.822. The second-order valence-electron chi connectivity index (χ2n) is 7.12. The Morgan fingerprint density at radius 1 is 1.21 bits per heavy atom. The van der Waals surface area contributed by atoms with E-state index in [1.54, 1.807) is 24.8 Å². The van der Waals surface area contributed by atoms with E-state index < -0.39 is 5.41 Å². The molecule has 0 spiro atoms. The number of nitrogens with zero attached hydrogens (tertiary/aromatic N) is 1. The van der Waals surface area contributed by atoms with E-state index >= 15 is 0 Å². The van der Waals surface area contributed by atoms with Gasteiger partial charge in [-0.05, 0) is 50.8 Å². The maximum atomic E-state index is 12.9. The minimum absolute atomic E-state index is 0.110. The predicted molar refractivity (Wildman–Crippen MR) is 110 cm³/mol. The second kappa shape index (κ2) is 11.0. The van der Waals surface area contributed by atoms with Gasteiger partial charge in [0.25, 0.3) is 0 Å². The van der Waals surface area contributed by atoms with Gasteiger partial charge in [0.05, 0.1) is 25.0 Å². The molecule has 1 atom stereocenters. The van der Waals surface area contributed by atoms with E-state index in [9.17, 15) is 14.4 Å². The maximum Gasteiger partial charge on any atom is 0.317 e. The number of esters is 2. The lowest BCUT2D eigenvalue weighted by atomic mass is 9.75. The lowest BCUT2D eigenvalue weighted by Gasteiger charge is -2.41. The van der Waals surface area contributed by atoms with Crippen LogP contribution >= 0.6 is 11.6 Å². The zero-order valence-corrected chi connectivity index (χ0v) is 17.8. The van der Waals surface area contributed by atoms with Gasteiger partial charge in [-0.2, -0.15) is 0 Å². The largest absolute Gasteiger partial charge is 0.466 e. The molecule has 1 aromatic carbocycles. The third kappa shape index (κ3) is 6.63. The Kier molecular flexibility index (Phi) is 8.76. The summed E-state index contributed by atoms with van der Waals surface area (Å²) in [6.45, 7) is 5.08. The zero-order valence-electron chi connectivity index (χ0n) is 17.0. The van der Waals surface area contributed by atoms with E-state index in [1.165, 1.54) is 0 Å². The Morgan fingerprint density at radius 2 is 1.97 bits per heavy atom. The van der Waals surface area contributed by atoms with Crippen molar-refractivity contribution in [3.05, 3.63) is 34.9 Å². The molecule has 0 radical (unpaired) electrons. The molecule has 1 N–H and O–H groups in total. The normalized spacial score (nSPS) is 18.8. The quantitative estimate of drug-likeness (QED) is 0.648. The van der Waals surface area contributed by atoms with E-state index in [1.807, 2.05) is 18.2 Å². The van der Waals surface area contributed by atoms with Crippen molar-refractivity contribution in [1.29, 1.82) is 0 Å². The van der Waals surface area contributed by atoms with Gasteiger partial charge >= 0.3 is 18.0 Å². The summed E-state index contributed by atoms with van der Waals surface area (Å²) >= 11 is 6.10. The van der Waals surface area contributed by atoms with Crippen LogP contribution in [0.3, 0.4) is 0 Å². The van der Waals surface area contributed by atoms with Crippen LogP contribution in [-0.2, 0) is 25.5 Å². The predicted octanol–water partition coefficient (Wildman–Crippen LogP) is 3.19. The van der Waals surface area contributed by atoms with Crippen molar-refractivity contribution in [2.24, 2.45) is 5.41 Å². The number of hydrogen-bond acceptors (Lipinski definition) is 5. The topological polar surface area (TPSA) is 84.9 Å². The lowest BCUT2D eigenvalue weighted by molar-refractivity contribution is -0.158. The van der Waals surface area contributed by atoms with E-state index in [2.05, 4.69) is 5.32 Å². The molecule has 0 bridgehead atoms. The summed E-state index contributed by atoms with van der Waals surface area (Å²) in [5, 5.41) is 3.34. The molecule has 2 amide bonds. The van der Waals surface area contributed by atoms with Crippen LogP contribution < -0.4 is 5.32 Å². The van der Waals surface area contributed by atoms with Gasteiger partial charge in [-0.15, -0.1) is 0 Å². The highest BCUT2D eigenvalue weighted by atomic mass is 35.5. The fourth-order valence-electron chi connectivity index (χ4n) is 3.63. The van der Waals surface area contributed by atoms with E-state index in [-0.39, 0.29) is 44.1 Å². The van der Waals surface area contributed by atoms with E-state index in [0.29, 0.717) is 37.4 Å². The van der Waals surface area contributed by atoms with Crippen molar-refractivity contribution in [2.75, 3.05) is 32.8 Å². The van der Waals surface area contributed by atoms with Gasteiger partial charge < -0.3 is 19.7 Å². The average molecular weight is 425 g/mol. The highest BCUT2D eigenvalue weighted by Crippen LogP contribution is 2.36. The van der Waals surface area contributed by atoms with Gasteiger partial charge in [0, 0.05) is 24.7 Å². The number of carbonyl (C=O) groups is 3. The van der Waals surface area contributed by atoms with Crippen molar-refractivity contribution in [1.82, 2.24) is 10.2 Å². The third-order valence-corrected chi connectivity index (χ3v) is 5.15. The minimum Gasteiger partial charge on any atom is -0.466 e. The molecular weight excluding hydrogens is 396 g/mol. The number of amides is 2. The van der Waals surface area contributed by atoms with Gasteiger partial charge in [0.15, 0.2) is 0 Å². The van der Waals surface area contributed by atoms with Crippen LogP contribution in [0.5, 0.6) is 0 Å². The van der Waals surface area contributed by atoms with Crippen LogP contribution in [0, 0.1) is 5.41 Å². The summed E-state index contributed by atoms with van der Waals surface area (Å²) < 4.78 is 10.2. The second-order valence-corrected chi connectivity index (χ2v) is 7.56. The van der Waals surface area contributed by atoms with Crippen LogP contribution in [0.25, 0.3) is 0 Å². The van der Waals surface area contributed by atoms with Crippen molar-refractivity contribution in [3.63, 3.8) is 0 Å². The fourth-order valence-corrected chi connectivity index (χ4v) is 3.84. The summed E-state index contributed by atoms with van der Waals surface area (Å²) in [5.41, 5.74) is 0.104. The SMILES string of the molecule is CCOC(=O)CCNC(=O)N1CCC[C@](Cc2cccc(Cl)c2)(C(=O)OCC)C1. The van der Waals surface area contributed by atoms with Crippen molar-refractivity contribution < 1.29 is 23.9 Å². The number of halogens is 1. The molecule has 2 rings (SSSR count). The van der Waals surface area contributed by atoms with Gasteiger partial charge in [-0.3, -0.25) is 9.59 Å². The molecule has 1 fully saturated rings. The molecule has 160 valence electrons. The molecule has 1 aromatic rings. The molecule has 1 heterocycles. The van der Waals surface area contributed by atoms with E-state index in [4.69, 9.17) is 21.1 Å². The summed E-state index contributed by atoms with van der Waals surface area (Å²) in [4.78, 5) is 38.5. The van der Waals surface area contributed by atoms with Crippen molar-refractivity contribution >= 4 is 29.6 Å². The molecule has 0 aromatic heterocycles. The van der Waals surface area contributed by atoms with Gasteiger partial charge in [0.1, 0.15) is 0 Å². The standard InChI is InChI=1S/C21H29ClN2O5/c1-3-28-18(25)9-11-23-20(27)24-12-6-10-21(15-24,19(26)29-4-2)14-16-7-5-8-17(22)13-16/h5,7-8,13H,3-4,6,9-12,14-15H2,1-2H3,(H,23,27)/t21-/m1/s1. The molecular formula is C21H29ClN2O5. The first-order valence-corrected chi connectivity index (χ1v) is 10.4. The van der Waals surface area contributed by atoms with Crippen LogP contribution in [0.15, 0.2) is 24.3 Å². The Labute approximate surface area is 176 Å². The van der Waals surface area contributed by atoms with Crippen LogP contribution in [-0.4, -0.2) is 55.7 Å². The molecule has 29 heavy (non-hydrogen) atoms. The summed E-state index contributed by atoms with van der Waals surface area (Å²) in [5.74, 6) is -0.655. The number of nitrogens with one attached hydrogen (secondary N) is 1. The molecule has 1 saturated heterocycles. The van der Waals surface area contributed by atoms with Gasteiger partial charge in [0.2, 0.25) is 0 Å². The lowest BCUT2D eigenvalue weighted by Crippen LogP contribution is -2.54. The summed E-state index contributed by atoms with van der Waals surface area (Å²) in [7, 11) is 0. The Balaban J connectivity index is 2.08. The number of likely N-dealkylation sites (tertiary alicyclic amines) is 1. The number of rotatable bonds is 8. The van der Waals surface area contributed by atoms with Crippen molar-refractivity contribution in [3.8, 4) is 0 Å². The monoisotopic (exact) mass is 424 g/mol. The number of carbonyl (C=O) groups excluding carboxylic acids is 3.